The molecule has 0 aromatic heterocycles. The van der Waals surface area contributed by atoms with Gasteiger partial charge in [0.1, 0.15) is 6.10 Å². The SMILES string of the molecule is CCOP1(=O)OC(c2ccccc2C(F)(F)F)C(C)(C)C=C1[Si](C)(C)C. The smallest absolute Gasteiger partial charge is 0.306 e. The average Bonchev–Trinajstić information content (AvgIpc) is 2.48. The van der Waals surface area contributed by atoms with Crippen molar-refractivity contribution in [2.45, 2.75) is 52.7 Å². The minimum Gasteiger partial charge on any atom is -0.306 e. The number of halogens is 3. The first-order chi connectivity index (χ1) is 11.7. The summed E-state index contributed by atoms with van der Waals surface area (Å²) in [6, 6.07) is 5.29. The van der Waals surface area contributed by atoms with Crippen LogP contribution in [0.5, 0.6) is 0 Å². The van der Waals surface area contributed by atoms with Crippen LogP contribution in [0, 0.1) is 5.41 Å². The molecule has 0 saturated heterocycles. The van der Waals surface area contributed by atoms with Crippen LogP contribution >= 0.6 is 7.60 Å². The van der Waals surface area contributed by atoms with E-state index in [4.69, 9.17) is 9.05 Å². The van der Waals surface area contributed by atoms with Gasteiger partial charge >= 0.3 is 13.8 Å². The number of rotatable bonds is 4. The van der Waals surface area contributed by atoms with Gasteiger partial charge < -0.3 is 4.52 Å². The molecule has 1 aromatic rings. The highest BCUT2D eigenvalue weighted by molar-refractivity contribution is 7.62. The second-order valence-electron chi connectivity index (χ2n) is 8.09. The molecule has 0 bridgehead atoms. The van der Waals surface area contributed by atoms with Crippen molar-refractivity contribution in [3.05, 3.63) is 46.4 Å². The molecule has 0 saturated carbocycles. The molecule has 0 radical (unpaired) electrons. The third kappa shape index (κ3) is 4.16. The van der Waals surface area contributed by atoms with Crippen molar-refractivity contribution in [1.82, 2.24) is 0 Å². The van der Waals surface area contributed by atoms with Gasteiger partial charge in [0.15, 0.2) is 0 Å². The van der Waals surface area contributed by atoms with Gasteiger partial charge in [-0.2, -0.15) is 13.2 Å². The van der Waals surface area contributed by atoms with E-state index < -0.39 is 38.9 Å². The zero-order valence-electron chi connectivity index (χ0n) is 16.0. The van der Waals surface area contributed by atoms with Crippen LogP contribution in [0.3, 0.4) is 0 Å². The summed E-state index contributed by atoms with van der Waals surface area (Å²) in [5.41, 5.74) is -1.55. The molecule has 1 aromatic carbocycles. The molecule has 2 unspecified atom stereocenters. The van der Waals surface area contributed by atoms with Crippen LogP contribution in [-0.2, 0) is 19.8 Å². The van der Waals surface area contributed by atoms with Gasteiger partial charge in [-0.25, -0.2) is 0 Å². The minimum absolute atomic E-state index is 0.0178. The maximum absolute atomic E-state index is 13.5. The Labute approximate surface area is 154 Å². The van der Waals surface area contributed by atoms with Gasteiger partial charge in [0.05, 0.1) is 20.2 Å². The molecule has 26 heavy (non-hydrogen) atoms. The summed E-state index contributed by atoms with van der Waals surface area (Å²) >= 11 is 0. The Balaban J connectivity index is 2.67. The van der Waals surface area contributed by atoms with Crippen LogP contribution in [0.4, 0.5) is 13.2 Å². The fraction of sp³-hybridized carbons (Fsp3) is 0.556. The normalized spacial score (nSPS) is 26.5. The molecule has 0 fully saturated rings. The number of hydrogen-bond acceptors (Lipinski definition) is 3. The summed E-state index contributed by atoms with van der Waals surface area (Å²) in [6.45, 7) is 11.5. The van der Waals surface area contributed by atoms with Gasteiger partial charge in [-0.15, -0.1) is 0 Å². The van der Waals surface area contributed by atoms with Crippen LogP contribution in [0.1, 0.15) is 38.0 Å². The van der Waals surface area contributed by atoms with Crippen molar-refractivity contribution in [2.24, 2.45) is 5.41 Å². The second kappa shape index (κ2) is 6.93. The zero-order valence-corrected chi connectivity index (χ0v) is 17.9. The van der Waals surface area contributed by atoms with Crippen molar-refractivity contribution in [2.75, 3.05) is 6.61 Å². The predicted molar refractivity (Wildman–Crippen MR) is 99.7 cm³/mol. The first-order valence-corrected chi connectivity index (χ1v) is 13.6. The Bertz CT molecular complexity index is 751. The van der Waals surface area contributed by atoms with Gasteiger partial charge in [-0.1, -0.05) is 57.8 Å². The zero-order chi connectivity index (χ0) is 20.0. The van der Waals surface area contributed by atoms with Crippen molar-refractivity contribution in [3.8, 4) is 0 Å². The van der Waals surface area contributed by atoms with Crippen molar-refractivity contribution >= 4 is 15.7 Å². The summed E-state index contributed by atoms with van der Waals surface area (Å²) < 4.78 is 65.4. The minimum atomic E-state index is -4.52. The van der Waals surface area contributed by atoms with Crippen molar-refractivity contribution in [1.29, 1.82) is 0 Å². The lowest BCUT2D eigenvalue weighted by atomic mass is 9.81. The summed E-state index contributed by atoms with van der Waals surface area (Å²) in [5, 5.41) is 0. The summed E-state index contributed by atoms with van der Waals surface area (Å²) in [6.07, 6.45) is -3.71. The van der Waals surface area contributed by atoms with E-state index >= 15 is 0 Å². The Hall–Kier alpha value is -0.883. The van der Waals surface area contributed by atoms with E-state index in [-0.39, 0.29) is 12.2 Å². The standard InChI is InChI=1S/C18H26F3O3PSi/c1-7-23-25(22)15(26(4,5)6)12-17(2,3)16(24-25)13-10-8-9-11-14(13)18(19,20)21/h8-12,16H,7H2,1-6H3. The summed E-state index contributed by atoms with van der Waals surface area (Å²) in [5.74, 6) is 0. The third-order valence-electron chi connectivity index (χ3n) is 4.34. The van der Waals surface area contributed by atoms with E-state index in [1.54, 1.807) is 20.8 Å². The second-order valence-corrected chi connectivity index (χ2v) is 15.5. The Morgan fingerprint density at radius 2 is 1.81 bits per heavy atom. The lowest BCUT2D eigenvalue weighted by molar-refractivity contribution is -0.139. The monoisotopic (exact) mass is 406 g/mol. The van der Waals surface area contributed by atoms with E-state index in [0.29, 0.717) is 4.94 Å². The molecule has 1 aliphatic rings. The van der Waals surface area contributed by atoms with Crippen LogP contribution < -0.4 is 0 Å². The van der Waals surface area contributed by atoms with Crippen molar-refractivity contribution in [3.63, 3.8) is 0 Å². The van der Waals surface area contributed by atoms with Crippen LogP contribution in [0.25, 0.3) is 0 Å². The lowest BCUT2D eigenvalue weighted by Crippen LogP contribution is -2.35. The Morgan fingerprint density at radius 3 is 2.31 bits per heavy atom. The van der Waals surface area contributed by atoms with Gasteiger partial charge in [-0.3, -0.25) is 9.09 Å². The molecule has 146 valence electrons. The maximum atomic E-state index is 13.5. The van der Waals surface area contributed by atoms with Crippen LogP contribution in [0.2, 0.25) is 19.6 Å². The van der Waals surface area contributed by atoms with E-state index in [2.05, 4.69) is 0 Å². The highest BCUT2D eigenvalue weighted by atomic mass is 31.2. The summed E-state index contributed by atoms with van der Waals surface area (Å²) in [4.78, 5) is 0.637. The molecule has 2 atom stereocenters. The third-order valence-corrected chi connectivity index (χ3v) is 10.7. The van der Waals surface area contributed by atoms with Gasteiger partial charge in [-0.05, 0) is 18.6 Å². The van der Waals surface area contributed by atoms with Gasteiger partial charge in [0.25, 0.3) is 0 Å². The fourth-order valence-electron chi connectivity index (χ4n) is 3.18. The van der Waals surface area contributed by atoms with E-state index in [1.165, 1.54) is 18.2 Å². The highest BCUT2D eigenvalue weighted by Gasteiger charge is 2.50. The molecule has 3 nitrogen and oxygen atoms in total. The molecule has 1 heterocycles. The van der Waals surface area contributed by atoms with Crippen LogP contribution in [0.15, 0.2) is 35.3 Å². The Kier molecular flexibility index (Phi) is 5.71. The molecule has 2 rings (SSSR count). The molecule has 0 N–H and O–H groups in total. The van der Waals surface area contributed by atoms with E-state index in [0.717, 1.165) is 6.07 Å². The summed E-state index contributed by atoms with van der Waals surface area (Å²) in [7, 11) is -5.74. The molecular weight excluding hydrogens is 380 g/mol. The average molecular weight is 406 g/mol. The quantitative estimate of drug-likeness (QED) is 0.408. The first-order valence-electron chi connectivity index (χ1n) is 8.55. The topological polar surface area (TPSA) is 35.5 Å². The first kappa shape index (κ1) is 21.4. The fourth-order valence-corrected chi connectivity index (χ4v) is 9.43. The number of hydrogen-bond donors (Lipinski definition) is 0. The molecule has 1 aliphatic heterocycles. The largest absolute Gasteiger partial charge is 0.416 e. The molecule has 0 spiro atoms. The molecule has 0 aliphatic carbocycles. The van der Waals surface area contributed by atoms with Crippen molar-refractivity contribution < 1.29 is 26.8 Å². The van der Waals surface area contributed by atoms with E-state index in [1.807, 2.05) is 25.7 Å². The Morgan fingerprint density at radius 1 is 1.23 bits per heavy atom. The highest BCUT2D eigenvalue weighted by Crippen LogP contribution is 2.68. The molecule has 0 amide bonds. The van der Waals surface area contributed by atoms with Crippen LogP contribution in [-0.4, -0.2) is 14.7 Å². The van der Waals surface area contributed by atoms with Gasteiger partial charge in [0, 0.05) is 10.4 Å². The number of benzene rings is 1. The van der Waals surface area contributed by atoms with Gasteiger partial charge in [0.2, 0.25) is 0 Å². The lowest BCUT2D eigenvalue weighted by Gasteiger charge is -2.43. The predicted octanol–water partition coefficient (Wildman–Crippen LogP) is 6.79. The molecular formula is C18H26F3O3PSi. The van der Waals surface area contributed by atoms with E-state index in [9.17, 15) is 17.7 Å². The maximum Gasteiger partial charge on any atom is 0.416 e. The number of alkyl halides is 3. The molecule has 8 heteroatoms.